The summed E-state index contributed by atoms with van der Waals surface area (Å²) in [5.41, 5.74) is 1.63. The predicted molar refractivity (Wildman–Crippen MR) is 164 cm³/mol. The second-order valence-corrected chi connectivity index (χ2v) is 11.8. The van der Waals surface area contributed by atoms with Gasteiger partial charge in [0.2, 0.25) is 5.91 Å². The van der Waals surface area contributed by atoms with E-state index in [1.807, 2.05) is 6.07 Å². The van der Waals surface area contributed by atoms with Crippen molar-refractivity contribution in [3.8, 4) is 33.7 Å². The minimum absolute atomic E-state index is 0.0429. The molecule has 3 heterocycles. The van der Waals surface area contributed by atoms with Crippen LogP contribution in [-0.4, -0.2) is 43.8 Å². The van der Waals surface area contributed by atoms with Gasteiger partial charge in [0.15, 0.2) is 0 Å². The molecular weight excluding hydrogens is 557 g/mol. The number of carbonyl (C=O) groups excluding carboxylic acids is 1. The number of nitrogens with one attached hydrogen (secondary N) is 1. The number of piperidine rings is 1. The molecule has 1 aliphatic heterocycles. The summed E-state index contributed by atoms with van der Waals surface area (Å²) in [7, 11) is 1.65. The van der Waals surface area contributed by atoms with Gasteiger partial charge in [-0.3, -0.25) is 9.36 Å². The minimum Gasteiger partial charge on any atom is -0.507 e. The van der Waals surface area contributed by atoms with Crippen LogP contribution < -0.4 is 15.9 Å². The molecule has 1 saturated heterocycles. The molecule has 2 aromatic carbocycles. The van der Waals surface area contributed by atoms with Crippen LogP contribution in [-0.2, 0) is 11.8 Å². The number of pyridine rings is 1. The van der Waals surface area contributed by atoms with Crippen molar-refractivity contribution in [1.82, 2.24) is 19.4 Å². The Hall–Kier alpha value is -4.11. The first-order valence-electron chi connectivity index (χ1n) is 14.0. The number of aryl methyl sites for hydroxylation is 1. The van der Waals surface area contributed by atoms with E-state index in [9.17, 15) is 14.7 Å². The number of phenolic OH excluding ortho intramolecular Hbond substituents is 1. The standard InChI is InChI=1S/C32H35ClFN5O3/c1-6-23-18-38(17-19(2)32(23,4)36-20(3)40)29-14-22(9-10-35-29)26-16-24(34)15-25(30(26)41)21-7-8-28(27(33)13-21)39-12-11-37(5)31(39)42/h7-16,19,23,41H,6,17-18H2,1-5H3,(H,36,40). The topological polar surface area (TPSA) is 92.4 Å². The lowest BCUT2D eigenvalue weighted by Crippen LogP contribution is -2.64. The van der Waals surface area contributed by atoms with Crippen molar-refractivity contribution in [2.75, 3.05) is 18.0 Å². The van der Waals surface area contributed by atoms with Crippen LogP contribution in [0.1, 0.15) is 34.1 Å². The molecule has 10 heteroatoms. The molecule has 5 rings (SSSR count). The van der Waals surface area contributed by atoms with Crippen molar-refractivity contribution in [3.05, 3.63) is 82.4 Å². The zero-order valence-corrected chi connectivity index (χ0v) is 25.1. The number of hydrogen-bond acceptors (Lipinski definition) is 5. The Labute approximate surface area is 249 Å². The maximum atomic E-state index is 15.0. The fourth-order valence-corrected chi connectivity index (χ4v) is 6.38. The summed E-state index contributed by atoms with van der Waals surface area (Å²) < 4.78 is 17.9. The smallest absolute Gasteiger partial charge is 0.332 e. The first kappa shape index (κ1) is 29.4. The molecule has 3 atom stereocenters. The Morgan fingerprint density at radius 1 is 1.14 bits per heavy atom. The van der Waals surface area contributed by atoms with Gasteiger partial charge in [0.05, 0.1) is 10.7 Å². The number of rotatable bonds is 6. The molecule has 1 aliphatic rings. The number of halogens is 2. The Balaban J connectivity index is 1.49. The first-order chi connectivity index (χ1) is 19.9. The molecule has 0 aliphatic carbocycles. The average Bonchev–Trinajstić information content (AvgIpc) is 3.28. The van der Waals surface area contributed by atoms with Crippen molar-refractivity contribution in [3.63, 3.8) is 0 Å². The molecule has 0 saturated carbocycles. The molecule has 0 radical (unpaired) electrons. The van der Waals surface area contributed by atoms with Crippen molar-refractivity contribution in [1.29, 1.82) is 0 Å². The fourth-order valence-electron chi connectivity index (χ4n) is 6.11. The van der Waals surface area contributed by atoms with E-state index in [1.54, 1.807) is 56.8 Å². The number of aromatic nitrogens is 3. The summed E-state index contributed by atoms with van der Waals surface area (Å²) in [6.45, 7) is 9.29. The number of benzene rings is 2. The normalized spacial score (nSPS) is 20.5. The molecule has 2 aromatic heterocycles. The van der Waals surface area contributed by atoms with E-state index in [-0.39, 0.29) is 45.3 Å². The van der Waals surface area contributed by atoms with Crippen LogP contribution in [0.15, 0.2) is 65.8 Å². The number of nitrogens with zero attached hydrogens (tertiary/aromatic N) is 4. The van der Waals surface area contributed by atoms with E-state index < -0.39 is 5.82 Å². The van der Waals surface area contributed by atoms with Gasteiger partial charge in [0.25, 0.3) is 0 Å². The van der Waals surface area contributed by atoms with Gasteiger partial charge in [-0.05, 0) is 72.7 Å². The second-order valence-electron chi connectivity index (χ2n) is 11.4. The summed E-state index contributed by atoms with van der Waals surface area (Å²) in [4.78, 5) is 31.2. The fraction of sp³-hybridized carbons (Fsp3) is 0.344. The molecule has 1 amide bonds. The van der Waals surface area contributed by atoms with Gasteiger partial charge in [-0.25, -0.2) is 14.2 Å². The monoisotopic (exact) mass is 591 g/mol. The van der Waals surface area contributed by atoms with Crippen molar-refractivity contribution >= 4 is 23.3 Å². The quantitative estimate of drug-likeness (QED) is 0.297. The van der Waals surface area contributed by atoms with Crippen molar-refractivity contribution in [2.24, 2.45) is 18.9 Å². The average molecular weight is 592 g/mol. The highest BCUT2D eigenvalue weighted by Crippen LogP contribution is 2.42. The lowest BCUT2D eigenvalue weighted by Gasteiger charge is -2.50. The number of phenols is 1. The molecule has 42 heavy (non-hydrogen) atoms. The Morgan fingerprint density at radius 3 is 2.43 bits per heavy atom. The van der Waals surface area contributed by atoms with Gasteiger partial charge >= 0.3 is 5.69 Å². The molecule has 220 valence electrons. The third kappa shape index (κ3) is 5.29. The molecule has 8 nitrogen and oxygen atoms in total. The Morgan fingerprint density at radius 2 is 1.83 bits per heavy atom. The molecule has 3 unspecified atom stereocenters. The highest BCUT2D eigenvalue weighted by molar-refractivity contribution is 6.32. The number of anilines is 1. The molecule has 2 N–H and O–H groups in total. The lowest BCUT2D eigenvalue weighted by atomic mass is 9.71. The zero-order valence-electron chi connectivity index (χ0n) is 24.4. The number of hydrogen-bond donors (Lipinski definition) is 2. The molecule has 4 aromatic rings. The maximum Gasteiger partial charge on any atom is 0.332 e. The third-order valence-corrected chi connectivity index (χ3v) is 8.97. The molecule has 0 spiro atoms. The van der Waals surface area contributed by atoms with Crippen LogP contribution in [0.4, 0.5) is 10.2 Å². The first-order valence-corrected chi connectivity index (χ1v) is 14.4. The highest BCUT2D eigenvalue weighted by Gasteiger charge is 2.44. The van der Waals surface area contributed by atoms with E-state index in [1.165, 1.54) is 21.3 Å². The Bertz CT molecular complexity index is 1720. The number of carbonyl (C=O) groups is 1. The van der Waals surface area contributed by atoms with Gasteiger partial charge in [-0.1, -0.05) is 31.5 Å². The lowest BCUT2D eigenvalue weighted by molar-refractivity contribution is -0.122. The van der Waals surface area contributed by atoms with E-state index in [4.69, 9.17) is 11.6 Å². The summed E-state index contributed by atoms with van der Waals surface area (Å²) in [6.07, 6.45) is 5.79. The number of aromatic hydroxyl groups is 1. The summed E-state index contributed by atoms with van der Waals surface area (Å²) in [5, 5.41) is 14.8. The van der Waals surface area contributed by atoms with E-state index in [0.29, 0.717) is 41.3 Å². The van der Waals surface area contributed by atoms with Crippen LogP contribution in [0.25, 0.3) is 27.9 Å². The SMILES string of the molecule is CCC1CN(c2cc(-c3cc(F)cc(-c4ccc(-n5ccn(C)c5=O)c(Cl)c4)c3O)ccn2)CC(C)C1(C)NC(C)=O. The van der Waals surface area contributed by atoms with E-state index in [2.05, 4.69) is 36.0 Å². The molecule has 0 bridgehead atoms. The van der Waals surface area contributed by atoms with E-state index in [0.717, 1.165) is 6.42 Å². The van der Waals surface area contributed by atoms with Gasteiger partial charge in [0, 0.05) is 62.3 Å². The van der Waals surface area contributed by atoms with Crippen LogP contribution in [0.2, 0.25) is 5.02 Å². The van der Waals surface area contributed by atoms with Crippen molar-refractivity contribution in [2.45, 2.75) is 39.7 Å². The van der Waals surface area contributed by atoms with Crippen LogP contribution in [0, 0.1) is 17.7 Å². The van der Waals surface area contributed by atoms with Crippen LogP contribution >= 0.6 is 11.6 Å². The summed E-state index contributed by atoms with van der Waals surface area (Å²) in [5.74, 6) is 0.418. The van der Waals surface area contributed by atoms with Crippen molar-refractivity contribution < 1.29 is 14.3 Å². The second kappa shape index (κ2) is 11.3. The van der Waals surface area contributed by atoms with Gasteiger partial charge in [-0.15, -0.1) is 0 Å². The van der Waals surface area contributed by atoms with Gasteiger partial charge in [0.1, 0.15) is 17.4 Å². The largest absolute Gasteiger partial charge is 0.507 e. The Kier molecular flexibility index (Phi) is 7.90. The van der Waals surface area contributed by atoms with Crippen LogP contribution in [0.5, 0.6) is 5.75 Å². The van der Waals surface area contributed by atoms with Gasteiger partial charge < -0.3 is 19.9 Å². The molecule has 1 fully saturated rings. The summed E-state index contributed by atoms with van der Waals surface area (Å²) in [6, 6.07) is 11.1. The summed E-state index contributed by atoms with van der Waals surface area (Å²) >= 11 is 6.55. The highest BCUT2D eigenvalue weighted by atomic mass is 35.5. The van der Waals surface area contributed by atoms with E-state index >= 15 is 4.39 Å². The predicted octanol–water partition coefficient (Wildman–Crippen LogP) is 5.78. The minimum atomic E-state index is -0.514. The van der Waals surface area contributed by atoms with Crippen LogP contribution in [0.3, 0.4) is 0 Å². The number of amides is 1. The zero-order chi connectivity index (χ0) is 30.3. The van der Waals surface area contributed by atoms with Gasteiger partial charge in [-0.2, -0.15) is 0 Å². The molecular formula is C32H35ClFN5O3. The number of imidazole rings is 1. The maximum absolute atomic E-state index is 15.0. The third-order valence-electron chi connectivity index (χ3n) is 8.67.